The normalized spacial score (nSPS) is 12.1. The van der Waals surface area contributed by atoms with Crippen LogP contribution in [0.15, 0.2) is 42.5 Å². The van der Waals surface area contributed by atoms with Gasteiger partial charge in [0.05, 0.1) is 11.0 Å². The maximum Gasteiger partial charge on any atom is 0.311 e. The number of hydrogen-bond acceptors (Lipinski definition) is 6. The Labute approximate surface area is 137 Å². The summed E-state index contributed by atoms with van der Waals surface area (Å²) in [7, 11) is 0. The minimum Gasteiger partial charge on any atom is -0.502 e. The first-order chi connectivity index (χ1) is 11.5. The molecule has 0 saturated heterocycles. The fourth-order valence-corrected chi connectivity index (χ4v) is 2.28. The van der Waals surface area contributed by atoms with Crippen LogP contribution in [0.5, 0.6) is 5.75 Å². The molecule has 0 unspecified atom stereocenters. The summed E-state index contributed by atoms with van der Waals surface area (Å²) in [6.45, 7) is 1.99. The number of nitro groups is 1. The van der Waals surface area contributed by atoms with Crippen LogP contribution < -0.4 is 5.73 Å². The quantitative estimate of drug-likeness (QED) is 0.499. The van der Waals surface area contributed by atoms with Crippen LogP contribution in [0.25, 0.3) is 11.4 Å². The van der Waals surface area contributed by atoms with Crippen molar-refractivity contribution in [2.45, 2.75) is 13.0 Å². The molecule has 0 saturated carbocycles. The van der Waals surface area contributed by atoms with E-state index in [0.29, 0.717) is 11.4 Å². The number of hydrogen-bond donors (Lipinski definition) is 3. The number of phenolic OH excluding ortho intramolecular Hbond substituents is 1. The SMILES string of the molecule is Cc1ccc([C@@H](N)c2nc(-c3ccc(O)c([N+](=O)[O-])c3)n[nH]2)cc1. The first kappa shape index (κ1) is 15.6. The molecule has 0 aliphatic carbocycles. The van der Waals surface area contributed by atoms with Gasteiger partial charge in [-0.1, -0.05) is 29.8 Å². The van der Waals surface area contributed by atoms with Crippen molar-refractivity contribution in [2.24, 2.45) is 5.73 Å². The number of aromatic nitrogens is 3. The molecule has 0 bridgehead atoms. The predicted octanol–water partition coefficient (Wildman–Crippen LogP) is 2.44. The fourth-order valence-electron chi connectivity index (χ4n) is 2.28. The maximum atomic E-state index is 10.9. The van der Waals surface area contributed by atoms with E-state index in [1.807, 2.05) is 31.2 Å². The van der Waals surface area contributed by atoms with Gasteiger partial charge in [0.2, 0.25) is 0 Å². The lowest BCUT2D eigenvalue weighted by atomic mass is 10.1. The molecule has 0 aliphatic rings. The highest BCUT2D eigenvalue weighted by Crippen LogP contribution is 2.30. The van der Waals surface area contributed by atoms with Crippen LogP contribution >= 0.6 is 0 Å². The Morgan fingerprint density at radius 1 is 1.25 bits per heavy atom. The standard InChI is InChI=1S/C16H15N5O3/c1-9-2-4-10(5-3-9)14(17)16-18-15(19-20-16)11-6-7-13(22)12(8-11)21(23)24/h2-8,14,22H,17H2,1H3,(H,18,19,20)/t14-/m1/s1. The van der Waals surface area contributed by atoms with Crippen molar-refractivity contribution >= 4 is 5.69 Å². The van der Waals surface area contributed by atoms with Crippen LogP contribution in [0.1, 0.15) is 23.0 Å². The van der Waals surface area contributed by atoms with Crippen molar-refractivity contribution < 1.29 is 10.0 Å². The van der Waals surface area contributed by atoms with E-state index in [2.05, 4.69) is 15.2 Å². The third kappa shape index (κ3) is 2.95. The lowest BCUT2D eigenvalue weighted by Crippen LogP contribution is -2.13. The van der Waals surface area contributed by atoms with Gasteiger partial charge >= 0.3 is 5.69 Å². The number of nitrogens with two attached hydrogens (primary N) is 1. The summed E-state index contributed by atoms with van der Waals surface area (Å²) in [6, 6.07) is 11.2. The van der Waals surface area contributed by atoms with Crippen LogP contribution in [-0.4, -0.2) is 25.2 Å². The molecule has 0 radical (unpaired) electrons. The molecule has 24 heavy (non-hydrogen) atoms. The summed E-state index contributed by atoms with van der Waals surface area (Å²) in [5.41, 5.74) is 8.19. The van der Waals surface area contributed by atoms with Crippen molar-refractivity contribution in [1.29, 1.82) is 0 Å². The van der Waals surface area contributed by atoms with Gasteiger partial charge in [0.1, 0.15) is 5.82 Å². The number of H-pyrrole nitrogens is 1. The Hall–Kier alpha value is -3.26. The predicted molar refractivity (Wildman–Crippen MR) is 87.3 cm³/mol. The number of nitrogens with one attached hydrogen (secondary N) is 1. The van der Waals surface area contributed by atoms with Crippen LogP contribution in [0.3, 0.4) is 0 Å². The molecular formula is C16H15N5O3. The zero-order chi connectivity index (χ0) is 17.3. The van der Waals surface area contributed by atoms with Crippen molar-refractivity contribution in [2.75, 3.05) is 0 Å². The topological polar surface area (TPSA) is 131 Å². The van der Waals surface area contributed by atoms with E-state index in [1.165, 1.54) is 18.2 Å². The molecule has 1 atom stereocenters. The first-order valence-electron chi connectivity index (χ1n) is 7.18. The highest BCUT2D eigenvalue weighted by atomic mass is 16.6. The summed E-state index contributed by atoms with van der Waals surface area (Å²) in [5, 5.41) is 27.2. The second kappa shape index (κ2) is 6.09. The van der Waals surface area contributed by atoms with Gasteiger partial charge in [-0.2, -0.15) is 5.10 Å². The molecule has 1 heterocycles. The second-order valence-corrected chi connectivity index (χ2v) is 5.39. The van der Waals surface area contributed by atoms with Gasteiger partial charge in [-0.25, -0.2) is 4.98 Å². The minimum absolute atomic E-state index is 0.274. The fraction of sp³-hybridized carbons (Fsp3) is 0.125. The van der Waals surface area contributed by atoms with E-state index >= 15 is 0 Å². The monoisotopic (exact) mass is 325 g/mol. The van der Waals surface area contributed by atoms with Crippen LogP contribution in [0.4, 0.5) is 5.69 Å². The zero-order valence-corrected chi connectivity index (χ0v) is 12.8. The van der Waals surface area contributed by atoms with E-state index in [-0.39, 0.29) is 5.82 Å². The Morgan fingerprint density at radius 2 is 1.96 bits per heavy atom. The lowest BCUT2D eigenvalue weighted by molar-refractivity contribution is -0.385. The number of aromatic hydroxyl groups is 1. The zero-order valence-electron chi connectivity index (χ0n) is 12.8. The third-order valence-electron chi connectivity index (χ3n) is 3.66. The smallest absolute Gasteiger partial charge is 0.311 e. The summed E-state index contributed by atoms with van der Waals surface area (Å²) < 4.78 is 0. The molecule has 8 heteroatoms. The van der Waals surface area contributed by atoms with Gasteiger partial charge in [-0.05, 0) is 24.6 Å². The lowest BCUT2D eigenvalue weighted by Gasteiger charge is -2.08. The third-order valence-corrected chi connectivity index (χ3v) is 3.66. The van der Waals surface area contributed by atoms with Gasteiger partial charge in [-0.3, -0.25) is 15.2 Å². The Bertz CT molecular complexity index is 889. The highest BCUT2D eigenvalue weighted by Gasteiger charge is 2.18. The number of nitrogens with zero attached hydrogens (tertiary/aromatic N) is 3. The first-order valence-corrected chi connectivity index (χ1v) is 7.18. The van der Waals surface area contributed by atoms with E-state index in [4.69, 9.17) is 5.73 Å². The van der Waals surface area contributed by atoms with Crippen molar-refractivity contribution in [3.05, 3.63) is 69.5 Å². The van der Waals surface area contributed by atoms with Crippen LogP contribution in [-0.2, 0) is 0 Å². The van der Waals surface area contributed by atoms with E-state index < -0.39 is 22.4 Å². The molecule has 0 spiro atoms. The summed E-state index contributed by atoms with van der Waals surface area (Å²) in [6.07, 6.45) is 0. The largest absolute Gasteiger partial charge is 0.502 e. The molecule has 0 fully saturated rings. The minimum atomic E-state index is -0.662. The Balaban J connectivity index is 1.92. The summed E-state index contributed by atoms with van der Waals surface area (Å²) in [5.74, 6) is 0.316. The molecule has 0 aliphatic heterocycles. The van der Waals surface area contributed by atoms with E-state index in [1.54, 1.807) is 0 Å². The summed E-state index contributed by atoms with van der Waals surface area (Å²) >= 11 is 0. The highest BCUT2D eigenvalue weighted by molar-refractivity contribution is 5.63. The van der Waals surface area contributed by atoms with Gasteiger partial charge in [-0.15, -0.1) is 0 Å². The van der Waals surface area contributed by atoms with Crippen LogP contribution in [0, 0.1) is 17.0 Å². The molecule has 3 aromatic rings. The van der Waals surface area contributed by atoms with Gasteiger partial charge < -0.3 is 10.8 Å². The number of nitro benzene ring substituents is 1. The number of aromatic amines is 1. The number of rotatable bonds is 4. The van der Waals surface area contributed by atoms with Gasteiger partial charge in [0.15, 0.2) is 11.6 Å². The maximum absolute atomic E-state index is 10.9. The molecule has 3 rings (SSSR count). The van der Waals surface area contributed by atoms with E-state index in [0.717, 1.165) is 11.1 Å². The van der Waals surface area contributed by atoms with Crippen molar-refractivity contribution in [3.8, 4) is 17.1 Å². The number of phenols is 1. The van der Waals surface area contributed by atoms with Gasteiger partial charge in [0.25, 0.3) is 0 Å². The van der Waals surface area contributed by atoms with E-state index in [9.17, 15) is 15.2 Å². The average molecular weight is 325 g/mol. The molecule has 1 aromatic heterocycles. The molecule has 2 aromatic carbocycles. The van der Waals surface area contributed by atoms with Crippen LogP contribution in [0.2, 0.25) is 0 Å². The van der Waals surface area contributed by atoms with Gasteiger partial charge in [0, 0.05) is 11.6 Å². The molecule has 8 nitrogen and oxygen atoms in total. The molecule has 0 amide bonds. The summed E-state index contributed by atoms with van der Waals surface area (Å²) in [4.78, 5) is 14.6. The number of benzene rings is 2. The Kier molecular flexibility index (Phi) is 3.97. The van der Waals surface area contributed by atoms with Crippen molar-refractivity contribution in [1.82, 2.24) is 15.2 Å². The number of aryl methyl sites for hydroxylation is 1. The Morgan fingerprint density at radius 3 is 2.62 bits per heavy atom. The molecule has 4 N–H and O–H groups in total. The average Bonchev–Trinajstić information content (AvgIpc) is 3.05. The second-order valence-electron chi connectivity index (χ2n) is 5.39. The van der Waals surface area contributed by atoms with Crippen molar-refractivity contribution in [3.63, 3.8) is 0 Å². The molecular weight excluding hydrogens is 310 g/mol. The molecule has 122 valence electrons.